The van der Waals surface area contributed by atoms with Crippen molar-refractivity contribution in [1.29, 1.82) is 0 Å². The number of aromatic nitrogens is 1. The standard InChI is InChI=1S/C26H30N2O3/c1-18-15-26(19(2)27(18)16-22-7-11-24(30-5)12-8-22)20(3)28(21(4)29)17-23-9-13-25(31-6)14-10-23/h7-15H,3,16-17H2,1-2,4-6H3. The van der Waals surface area contributed by atoms with Gasteiger partial charge in [-0.05, 0) is 55.3 Å². The predicted molar refractivity (Wildman–Crippen MR) is 124 cm³/mol. The lowest BCUT2D eigenvalue weighted by Gasteiger charge is -2.24. The normalized spacial score (nSPS) is 10.6. The van der Waals surface area contributed by atoms with Crippen molar-refractivity contribution < 1.29 is 14.3 Å². The maximum absolute atomic E-state index is 12.5. The number of ether oxygens (including phenoxy) is 2. The first-order chi connectivity index (χ1) is 14.8. The van der Waals surface area contributed by atoms with E-state index in [1.807, 2.05) is 36.4 Å². The average Bonchev–Trinajstić information content (AvgIpc) is 3.06. The smallest absolute Gasteiger partial charge is 0.224 e. The molecule has 0 atom stereocenters. The number of aryl methyl sites for hydroxylation is 1. The van der Waals surface area contributed by atoms with Crippen molar-refractivity contribution in [3.8, 4) is 11.5 Å². The molecule has 0 aliphatic heterocycles. The van der Waals surface area contributed by atoms with Crippen LogP contribution in [0.4, 0.5) is 0 Å². The number of benzene rings is 2. The van der Waals surface area contributed by atoms with Crippen molar-refractivity contribution in [2.24, 2.45) is 0 Å². The number of carbonyl (C=O) groups excluding carboxylic acids is 1. The van der Waals surface area contributed by atoms with E-state index in [1.54, 1.807) is 26.0 Å². The van der Waals surface area contributed by atoms with Crippen LogP contribution in [0, 0.1) is 13.8 Å². The van der Waals surface area contributed by atoms with E-state index in [0.717, 1.165) is 40.6 Å². The van der Waals surface area contributed by atoms with Gasteiger partial charge in [0.25, 0.3) is 0 Å². The second-order valence-corrected chi connectivity index (χ2v) is 7.62. The third-order valence-electron chi connectivity index (χ3n) is 5.59. The third kappa shape index (κ3) is 5.00. The quantitative estimate of drug-likeness (QED) is 0.506. The molecular formula is C26H30N2O3. The molecule has 5 nitrogen and oxygen atoms in total. The van der Waals surface area contributed by atoms with E-state index in [9.17, 15) is 4.79 Å². The molecule has 2 aromatic carbocycles. The van der Waals surface area contributed by atoms with Crippen molar-refractivity contribution in [1.82, 2.24) is 9.47 Å². The van der Waals surface area contributed by atoms with Gasteiger partial charge in [-0.3, -0.25) is 4.79 Å². The molecule has 5 heteroatoms. The minimum Gasteiger partial charge on any atom is -0.497 e. The highest BCUT2D eigenvalue weighted by atomic mass is 16.5. The number of hydrogen-bond donors (Lipinski definition) is 0. The van der Waals surface area contributed by atoms with Gasteiger partial charge in [0.05, 0.1) is 20.8 Å². The van der Waals surface area contributed by atoms with Crippen molar-refractivity contribution >= 4 is 11.6 Å². The van der Waals surface area contributed by atoms with Crippen LogP contribution in [-0.4, -0.2) is 29.6 Å². The largest absolute Gasteiger partial charge is 0.497 e. The van der Waals surface area contributed by atoms with Crippen molar-refractivity contribution in [3.05, 3.63) is 89.3 Å². The van der Waals surface area contributed by atoms with Crippen LogP contribution in [0.1, 0.15) is 35.0 Å². The van der Waals surface area contributed by atoms with Gasteiger partial charge < -0.3 is 18.9 Å². The van der Waals surface area contributed by atoms with E-state index in [2.05, 4.69) is 43.2 Å². The number of amides is 1. The molecule has 0 aliphatic rings. The molecule has 0 fully saturated rings. The third-order valence-corrected chi connectivity index (χ3v) is 5.59. The van der Waals surface area contributed by atoms with E-state index >= 15 is 0 Å². The molecule has 0 N–H and O–H groups in total. The summed E-state index contributed by atoms with van der Waals surface area (Å²) in [5.74, 6) is 1.59. The second kappa shape index (κ2) is 9.56. The van der Waals surface area contributed by atoms with Gasteiger partial charge in [-0.1, -0.05) is 30.8 Å². The summed E-state index contributed by atoms with van der Waals surface area (Å²) in [5, 5.41) is 0. The lowest BCUT2D eigenvalue weighted by Crippen LogP contribution is -2.26. The summed E-state index contributed by atoms with van der Waals surface area (Å²) in [4.78, 5) is 14.2. The van der Waals surface area contributed by atoms with E-state index in [0.29, 0.717) is 12.2 Å². The predicted octanol–water partition coefficient (Wildman–Crippen LogP) is 5.19. The Kier molecular flexibility index (Phi) is 6.85. The summed E-state index contributed by atoms with van der Waals surface area (Å²) in [6.45, 7) is 11.2. The zero-order chi connectivity index (χ0) is 22.5. The Hall–Kier alpha value is -3.47. The van der Waals surface area contributed by atoms with E-state index in [1.165, 1.54) is 5.56 Å². The topological polar surface area (TPSA) is 43.7 Å². The highest BCUT2D eigenvalue weighted by Gasteiger charge is 2.20. The number of rotatable bonds is 8. The van der Waals surface area contributed by atoms with Crippen molar-refractivity contribution in [2.45, 2.75) is 33.9 Å². The molecule has 162 valence electrons. The highest BCUT2D eigenvalue weighted by Crippen LogP contribution is 2.27. The second-order valence-electron chi connectivity index (χ2n) is 7.62. The molecule has 1 heterocycles. The summed E-state index contributed by atoms with van der Waals surface area (Å²) in [7, 11) is 3.31. The molecule has 0 saturated carbocycles. The first-order valence-corrected chi connectivity index (χ1v) is 10.2. The van der Waals surface area contributed by atoms with Gasteiger partial charge >= 0.3 is 0 Å². The Morgan fingerprint density at radius 2 is 1.45 bits per heavy atom. The molecule has 0 radical (unpaired) electrons. The fourth-order valence-electron chi connectivity index (χ4n) is 3.71. The van der Waals surface area contributed by atoms with Crippen LogP contribution >= 0.6 is 0 Å². The maximum atomic E-state index is 12.5. The minimum atomic E-state index is -0.0409. The molecule has 0 aliphatic carbocycles. The Balaban J connectivity index is 1.84. The van der Waals surface area contributed by atoms with Gasteiger partial charge in [0.1, 0.15) is 11.5 Å². The van der Waals surface area contributed by atoms with Crippen LogP contribution < -0.4 is 9.47 Å². The van der Waals surface area contributed by atoms with Crippen LogP contribution in [0.25, 0.3) is 5.70 Å². The summed E-state index contributed by atoms with van der Waals surface area (Å²) in [6.07, 6.45) is 0. The highest BCUT2D eigenvalue weighted by molar-refractivity contribution is 5.85. The summed E-state index contributed by atoms with van der Waals surface area (Å²) in [6, 6.07) is 17.9. The molecule has 0 spiro atoms. The molecule has 1 amide bonds. The van der Waals surface area contributed by atoms with Crippen LogP contribution in [0.2, 0.25) is 0 Å². The van der Waals surface area contributed by atoms with Gasteiger partial charge in [-0.15, -0.1) is 0 Å². The maximum Gasteiger partial charge on any atom is 0.224 e. The SMILES string of the molecule is C=C(c1cc(C)n(Cc2ccc(OC)cc2)c1C)N(Cc1ccc(OC)cc1)C(C)=O. The number of hydrogen-bond acceptors (Lipinski definition) is 3. The minimum absolute atomic E-state index is 0.0409. The van der Waals surface area contributed by atoms with Crippen LogP contribution in [0.5, 0.6) is 11.5 Å². The molecule has 0 unspecified atom stereocenters. The number of methoxy groups -OCH3 is 2. The Labute approximate surface area is 184 Å². The van der Waals surface area contributed by atoms with Crippen molar-refractivity contribution in [2.75, 3.05) is 14.2 Å². The van der Waals surface area contributed by atoms with Crippen LogP contribution in [-0.2, 0) is 17.9 Å². The van der Waals surface area contributed by atoms with Gasteiger partial charge in [0, 0.05) is 36.1 Å². The summed E-state index contributed by atoms with van der Waals surface area (Å²) >= 11 is 0. The fourth-order valence-corrected chi connectivity index (χ4v) is 3.71. The summed E-state index contributed by atoms with van der Waals surface area (Å²) in [5.41, 5.74) is 6.09. The fraction of sp³-hybridized carbons (Fsp3) is 0.269. The van der Waals surface area contributed by atoms with Gasteiger partial charge in [0.15, 0.2) is 0 Å². The van der Waals surface area contributed by atoms with Crippen LogP contribution in [0.3, 0.4) is 0 Å². The van der Waals surface area contributed by atoms with Gasteiger partial charge in [-0.25, -0.2) is 0 Å². The lowest BCUT2D eigenvalue weighted by molar-refractivity contribution is -0.126. The Bertz CT molecular complexity index is 1060. The molecule has 0 bridgehead atoms. The van der Waals surface area contributed by atoms with E-state index in [4.69, 9.17) is 9.47 Å². The number of carbonyl (C=O) groups is 1. The Morgan fingerprint density at radius 3 is 1.94 bits per heavy atom. The zero-order valence-electron chi connectivity index (χ0n) is 18.9. The molecular weight excluding hydrogens is 388 g/mol. The average molecular weight is 419 g/mol. The van der Waals surface area contributed by atoms with E-state index in [-0.39, 0.29) is 5.91 Å². The number of nitrogens with zero attached hydrogens (tertiary/aromatic N) is 2. The van der Waals surface area contributed by atoms with Crippen LogP contribution in [0.15, 0.2) is 61.2 Å². The lowest BCUT2D eigenvalue weighted by atomic mass is 10.1. The zero-order valence-corrected chi connectivity index (χ0v) is 18.9. The molecule has 3 rings (SSSR count). The summed E-state index contributed by atoms with van der Waals surface area (Å²) < 4.78 is 12.7. The first-order valence-electron chi connectivity index (χ1n) is 10.2. The Morgan fingerprint density at radius 1 is 0.935 bits per heavy atom. The van der Waals surface area contributed by atoms with E-state index < -0.39 is 0 Å². The first kappa shape index (κ1) is 22.2. The molecule has 3 aromatic rings. The van der Waals surface area contributed by atoms with Crippen molar-refractivity contribution in [3.63, 3.8) is 0 Å². The molecule has 31 heavy (non-hydrogen) atoms. The molecule has 0 saturated heterocycles. The monoisotopic (exact) mass is 418 g/mol. The van der Waals surface area contributed by atoms with Gasteiger partial charge in [0.2, 0.25) is 5.91 Å². The molecule has 1 aromatic heterocycles. The van der Waals surface area contributed by atoms with Gasteiger partial charge in [-0.2, -0.15) is 0 Å².